The average Bonchev–Trinajstić information content (AvgIpc) is 2.42. The highest BCUT2D eigenvalue weighted by atomic mass is 16.3. The van der Waals surface area contributed by atoms with E-state index in [0.29, 0.717) is 25.3 Å². The Balaban J connectivity index is 2.16. The van der Waals surface area contributed by atoms with Crippen LogP contribution in [0.25, 0.3) is 0 Å². The van der Waals surface area contributed by atoms with E-state index in [4.69, 9.17) is 10.8 Å². The van der Waals surface area contributed by atoms with Gasteiger partial charge in [0.05, 0.1) is 0 Å². The molecule has 0 aliphatic rings. The van der Waals surface area contributed by atoms with Crippen molar-refractivity contribution >= 4 is 11.6 Å². The summed E-state index contributed by atoms with van der Waals surface area (Å²) in [5.74, 6) is 0.362. The zero-order chi connectivity index (χ0) is 14.1. The van der Waals surface area contributed by atoms with Crippen molar-refractivity contribution in [3.05, 3.63) is 29.8 Å². The van der Waals surface area contributed by atoms with Crippen molar-refractivity contribution in [2.45, 2.75) is 32.6 Å². The molecule has 19 heavy (non-hydrogen) atoms. The van der Waals surface area contributed by atoms with Gasteiger partial charge in [0.25, 0.3) is 0 Å². The van der Waals surface area contributed by atoms with Crippen LogP contribution in [0.15, 0.2) is 24.3 Å². The van der Waals surface area contributed by atoms with Crippen molar-refractivity contribution in [3.63, 3.8) is 0 Å². The second-order valence-electron chi connectivity index (χ2n) is 4.98. The van der Waals surface area contributed by atoms with Crippen LogP contribution in [0.2, 0.25) is 0 Å². The second-order valence-corrected chi connectivity index (χ2v) is 4.98. The van der Waals surface area contributed by atoms with Crippen molar-refractivity contribution in [1.82, 2.24) is 5.32 Å². The third-order valence-corrected chi connectivity index (χ3v) is 3.18. The number of anilines is 1. The average molecular weight is 264 g/mol. The molecule has 0 heterocycles. The molecule has 0 spiro atoms. The molecule has 4 heteroatoms. The van der Waals surface area contributed by atoms with Crippen LogP contribution >= 0.6 is 0 Å². The molecule has 1 unspecified atom stereocenters. The molecule has 0 saturated heterocycles. The summed E-state index contributed by atoms with van der Waals surface area (Å²) in [5, 5.41) is 11.8. The number of carbonyl (C=O) groups is 1. The summed E-state index contributed by atoms with van der Waals surface area (Å²) in [6.07, 6.45) is 2.97. The molecule has 4 nitrogen and oxygen atoms in total. The van der Waals surface area contributed by atoms with E-state index in [0.717, 1.165) is 24.1 Å². The minimum absolute atomic E-state index is 0.0555. The van der Waals surface area contributed by atoms with Gasteiger partial charge >= 0.3 is 0 Å². The molecule has 0 saturated carbocycles. The van der Waals surface area contributed by atoms with Crippen LogP contribution in [0.5, 0.6) is 0 Å². The molecule has 1 atom stereocenters. The molecule has 0 fully saturated rings. The van der Waals surface area contributed by atoms with E-state index in [1.807, 2.05) is 31.2 Å². The number of nitrogens with two attached hydrogens (primary N) is 1. The molecule has 4 N–H and O–H groups in total. The molecular weight excluding hydrogens is 240 g/mol. The van der Waals surface area contributed by atoms with Crippen molar-refractivity contribution < 1.29 is 9.90 Å². The van der Waals surface area contributed by atoms with Gasteiger partial charge in [0.15, 0.2) is 0 Å². The first-order valence-electron chi connectivity index (χ1n) is 6.84. The van der Waals surface area contributed by atoms with Crippen LogP contribution in [0, 0.1) is 5.92 Å². The van der Waals surface area contributed by atoms with Crippen molar-refractivity contribution in [2.75, 3.05) is 18.9 Å². The Morgan fingerprint density at radius 2 is 2.16 bits per heavy atom. The molecule has 0 aliphatic heterocycles. The van der Waals surface area contributed by atoms with E-state index in [-0.39, 0.29) is 12.5 Å². The number of amides is 1. The number of nitrogen functional groups attached to an aromatic ring is 1. The van der Waals surface area contributed by atoms with Gasteiger partial charge in [0.1, 0.15) is 0 Å². The summed E-state index contributed by atoms with van der Waals surface area (Å²) in [4.78, 5) is 11.6. The maximum Gasteiger partial charge on any atom is 0.220 e. The van der Waals surface area contributed by atoms with Crippen LogP contribution in [0.3, 0.4) is 0 Å². The standard InChI is InChI=1S/C15H24N2O2/c1-12(11-18)5-4-10-17-15(19)9-8-13-6-2-3-7-14(13)16/h2-3,6-7,12,18H,4-5,8-11,16H2,1H3,(H,17,19). The first-order valence-corrected chi connectivity index (χ1v) is 6.84. The number of para-hydroxylation sites is 1. The van der Waals surface area contributed by atoms with Gasteiger partial charge in [-0.05, 0) is 36.8 Å². The first kappa shape index (κ1) is 15.5. The molecule has 1 aromatic rings. The zero-order valence-corrected chi connectivity index (χ0v) is 11.6. The summed E-state index contributed by atoms with van der Waals surface area (Å²) in [6, 6.07) is 7.62. The summed E-state index contributed by atoms with van der Waals surface area (Å²) in [6.45, 7) is 2.88. The Bertz CT molecular complexity index is 393. The number of hydrogen-bond donors (Lipinski definition) is 3. The third-order valence-electron chi connectivity index (χ3n) is 3.18. The summed E-state index contributed by atoms with van der Waals surface area (Å²) in [5.41, 5.74) is 7.58. The van der Waals surface area contributed by atoms with Crippen LogP contribution < -0.4 is 11.1 Å². The Morgan fingerprint density at radius 3 is 2.84 bits per heavy atom. The summed E-state index contributed by atoms with van der Waals surface area (Å²) in [7, 11) is 0. The molecule has 0 radical (unpaired) electrons. The number of aliphatic hydroxyl groups is 1. The lowest BCUT2D eigenvalue weighted by molar-refractivity contribution is -0.121. The number of rotatable bonds is 8. The molecule has 1 rings (SSSR count). The van der Waals surface area contributed by atoms with E-state index in [9.17, 15) is 4.79 Å². The Kier molecular flexibility index (Phi) is 6.97. The number of hydrogen-bond acceptors (Lipinski definition) is 3. The quantitative estimate of drug-likeness (QED) is 0.494. The lowest BCUT2D eigenvalue weighted by Crippen LogP contribution is -2.25. The van der Waals surface area contributed by atoms with Crippen molar-refractivity contribution in [2.24, 2.45) is 5.92 Å². The SMILES string of the molecule is CC(CO)CCCNC(=O)CCc1ccccc1N. The zero-order valence-electron chi connectivity index (χ0n) is 11.6. The van der Waals surface area contributed by atoms with Gasteiger partial charge in [0, 0.05) is 25.3 Å². The Hall–Kier alpha value is -1.55. The molecule has 0 bridgehead atoms. The normalized spacial score (nSPS) is 12.1. The highest BCUT2D eigenvalue weighted by Gasteiger charge is 2.04. The van der Waals surface area contributed by atoms with Gasteiger partial charge in [-0.25, -0.2) is 0 Å². The van der Waals surface area contributed by atoms with Gasteiger partial charge in [-0.2, -0.15) is 0 Å². The topological polar surface area (TPSA) is 75.3 Å². The van der Waals surface area contributed by atoms with Crippen LogP contribution in [0.1, 0.15) is 31.7 Å². The predicted octanol–water partition coefficient (Wildman–Crippen LogP) is 1.73. The highest BCUT2D eigenvalue weighted by molar-refractivity contribution is 5.76. The summed E-state index contributed by atoms with van der Waals surface area (Å²) < 4.78 is 0. The summed E-state index contributed by atoms with van der Waals surface area (Å²) >= 11 is 0. The molecule has 0 aliphatic carbocycles. The number of aryl methyl sites for hydroxylation is 1. The lowest BCUT2D eigenvalue weighted by atomic mass is 10.1. The Morgan fingerprint density at radius 1 is 1.42 bits per heavy atom. The third kappa shape index (κ3) is 6.25. The second kappa shape index (κ2) is 8.53. The fourth-order valence-corrected chi connectivity index (χ4v) is 1.87. The fourth-order valence-electron chi connectivity index (χ4n) is 1.87. The fraction of sp³-hybridized carbons (Fsp3) is 0.533. The smallest absolute Gasteiger partial charge is 0.220 e. The Labute approximate surface area is 115 Å². The maximum absolute atomic E-state index is 11.6. The minimum atomic E-state index is 0.0555. The van der Waals surface area contributed by atoms with Gasteiger partial charge in [0.2, 0.25) is 5.91 Å². The number of nitrogens with one attached hydrogen (secondary N) is 1. The number of aliphatic hydroxyl groups excluding tert-OH is 1. The monoisotopic (exact) mass is 264 g/mol. The molecule has 106 valence electrons. The first-order chi connectivity index (χ1) is 9.13. The van der Waals surface area contributed by atoms with Crippen LogP contribution in [-0.4, -0.2) is 24.2 Å². The largest absolute Gasteiger partial charge is 0.399 e. The maximum atomic E-state index is 11.6. The van der Waals surface area contributed by atoms with Gasteiger partial charge in [-0.3, -0.25) is 4.79 Å². The van der Waals surface area contributed by atoms with Crippen molar-refractivity contribution in [3.8, 4) is 0 Å². The van der Waals surface area contributed by atoms with Gasteiger partial charge in [-0.1, -0.05) is 25.1 Å². The predicted molar refractivity (Wildman–Crippen MR) is 77.7 cm³/mol. The van der Waals surface area contributed by atoms with Gasteiger partial charge < -0.3 is 16.2 Å². The lowest BCUT2D eigenvalue weighted by Gasteiger charge is -2.09. The van der Waals surface area contributed by atoms with E-state index in [1.165, 1.54) is 0 Å². The number of benzene rings is 1. The van der Waals surface area contributed by atoms with Crippen molar-refractivity contribution in [1.29, 1.82) is 0 Å². The number of carbonyl (C=O) groups excluding carboxylic acids is 1. The molecule has 1 amide bonds. The van der Waals surface area contributed by atoms with E-state index in [2.05, 4.69) is 5.32 Å². The van der Waals surface area contributed by atoms with Crippen LogP contribution in [0.4, 0.5) is 5.69 Å². The highest BCUT2D eigenvalue weighted by Crippen LogP contribution is 2.12. The van der Waals surface area contributed by atoms with E-state index < -0.39 is 0 Å². The van der Waals surface area contributed by atoms with E-state index >= 15 is 0 Å². The molecular formula is C15H24N2O2. The van der Waals surface area contributed by atoms with Gasteiger partial charge in [-0.15, -0.1) is 0 Å². The minimum Gasteiger partial charge on any atom is -0.399 e. The van der Waals surface area contributed by atoms with E-state index in [1.54, 1.807) is 0 Å². The molecule has 1 aromatic carbocycles. The van der Waals surface area contributed by atoms with Crippen LogP contribution in [-0.2, 0) is 11.2 Å². The molecule has 0 aromatic heterocycles.